The van der Waals surface area contributed by atoms with Crippen LogP contribution < -0.4 is 0 Å². The van der Waals surface area contributed by atoms with Crippen molar-refractivity contribution < 1.29 is 9.79 Å². The minimum absolute atomic E-state index is 0.0875. The number of thioether (sulfide) groups is 1. The molecule has 0 aromatic heterocycles. The molecule has 76 valence electrons. The Hall–Kier alpha value is 0.760. The SMILES string of the molecule is CC(SC(C)(C)C#N)SP(O)(O)=S. The molecule has 7 heteroatoms. The second kappa shape index (κ2) is 5.01. The summed E-state index contributed by atoms with van der Waals surface area (Å²) in [6, 6.07) is 2.12. The summed E-state index contributed by atoms with van der Waals surface area (Å²) in [5.74, 6) is 0. The number of nitrogens with zero attached hydrogens (tertiary/aromatic N) is 1. The van der Waals surface area contributed by atoms with Crippen LogP contribution in [0.4, 0.5) is 0 Å². The topological polar surface area (TPSA) is 64.2 Å². The summed E-state index contributed by atoms with van der Waals surface area (Å²) in [6.07, 6.45) is 0. The van der Waals surface area contributed by atoms with Crippen molar-refractivity contribution in [1.82, 2.24) is 0 Å². The molecule has 0 spiro atoms. The molecule has 0 aliphatic rings. The zero-order valence-corrected chi connectivity index (χ0v) is 10.9. The number of hydrogen-bond donors (Lipinski definition) is 2. The van der Waals surface area contributed by atoms with E-state index < -0.39 is 10.4 Å². The summed E-state index contributed by atoms with van der Waals surface area (Å²) in [5.41, 5.74) is -3.20. The highest BCUT2D eigenvalue weighted by Gasteiger charge is 2.24. The third kappa shape index (κ3) is 7.80. The van der Waals surface area contributed by atoms with E-state index in [0.29, 0.717) is 0 Å². The molecule has 2 N–H and O–H groups in total. The molecule has 0 aliphatic heterocycles. The van der Waals surface area contributed by atoms with Crippen LogP contribution >= 0.6 is 28.8 Å². The van der Waals surface area contributed by atoms with E-state index >= 15 is 0 Å². The summed E-state index contributed by atoms with van der Waals surface area (Å²) in [7, 11) is 0. The van der Waals surface area contributed by atoms with Gasteiger partial charge in [-0.25, -0.2) is 0 Å². The highest BCUT2D eigenvalue weighted by Crippen LogP contribution is 2.56. The monoisotopic (exact) mass is 257 g/mol. The normalized spacial score (nSPS) is 15.1. The Morgan fingerprint density at radius 3 is 2.31 bits per heavy atom. The van der Waals surface area contributed by atoms with Gasteiger partial charge in [-0.3, -0.25) is 0 Å². The number of hydrogen-bond acceptors (Lipinski definition) is 4. The Balaban J connectivity index is 4.12. The second-order valence-corrected chi connectivity index (χ2v) is 11.4. The molecule has 0 saturated heterocycles. The maximum absolute atomic E-state index is 9.01. The van der Waals surface area contributed by atoms with Gasteiger partial charge in [-0.2, -0.15) is 5.26 Å². The van der Waals surface area contributed by atoms with Crippen LogP contribution in [0.1, 0.15) is 20.8 Å². The fourth-order valence-corrected chi connectivity index (χ4v) is 7.10. The lowest BCUT2D eigenvalue weighted by molar-refractivity contribution is 0.502. The van der Waals surface area contributed by atoms with E-state index in [0.717, 1.165) is 11.4 Å². The van der Waals surface area contributed by atoms with Crippen molar-refractivity contribution in [2.24, 2.45) is 0 Å². The van der Waals surface area contributed by atoms with Crippen molar-refractivity contribution in [3.05, 3.63) is 0 Å². The van der Waals surface area contributed by atoms with Crippen molar-refractivity contribution in [3.63, 3.8) is 0 Å². The molecular weight excluding hydrogens is 245 g/mol. The average Bonchev–Trinajstić information content (AvgIpc) is 1.81. The van der Waals surface area contributed by atoms with Crippen LogP contribution in [0, 0.1) is 11.3 Å². The molecule has 1 unspecified atom stereocenters. The molecule has 0 fully saturated rings. The zero-order chi connectivity index (χ0) is 10.7. The molecule has 0 aliphatic carbocycles. The Bertz CT molecular complexity index is 257. The van der Waals surface area contributed by atoms with Gasteiger partial charge in [0.25, 0.3) is 0 Å². The first-order valence-corrected chi connectivity index (χ1v) is 8.56. The fourth-order valence-electron chi connectivity index (χ4n) is 0.656. The lowest BCUT2D eigenvalue weighted by Gasteiger charge is -2.20. The molecule has 0 aromatic carbocycles. The highest BCUT2D eigenvalue weighted by molar-refractivity contribution is 8.69. The molecule has 0 aromatic rings. The van der Waals surface area contributed by atoms with Gasteiger partial charge in [0.15, 0.2) is 0 Å². The number of nitriles is 1. The average molecular weight is 257 g/mol. The lowest BCUT2D eigenvalue weighted by atomic mass is 10.2. The predicted octanol–water partition coefficient (Wildman–Crippen LogP) is 2.31. The van der Waals surface area contributed by atoms with Crippen molar-refractivity contribution in [2.45, 2.75) is 30.1 Å². The van der Waals surface area contributed by atoms with E-state index in [2.05, 4.69) is 17.9 Å². The van der Waals surface area contributed by atoms with Gasteiger partial charge in [0.2, 0.25) is 5.69 Å². The summed E-state index contributed by atoms with van der Waals surface area (Å²) in [5, 5.41) is 8.72. The van der Waals surface area contributed by atoms with Crippen LogP contribution in [0.5, 0.6) is 0 Å². The molecular formula is C6H12NO2PS3. The predicted molar refractivity (Wildman–Crippen MR) is 63.1 cm³/mol. The quantitative estimate of drug-likeness (QED) is 0.595. The molecule has 0 saturated carbocycles. The summed E-state index contributed by atoms with van der Waals surface area (Å²) >= 11 is 6.80. The largest absolute Gasteiger partial charge is 0.338 e. The van der Waals surface area contributed by atoms with E-state index in [1.165, 1.54) is 11.8 Å². The van der Waals surface area contributed by atoms with E-state index in [9.17, 15) is 0 Å². The molecule has 0 amide bonds. The van der Waals surface area contributed by atoms with E-state index in [-0.39, 0.29) is 4.58 Å². The minimum Gasteiger partial charge on any atom is -0.338 e. The first-order chi connectivity index (χ1) is 5.66. The lowest BCUT2D eigenvalue weighted by Crippen LogP contribution is -2.13. The minimum atomic E-state index is -3.20. The van der Waals surface area contributed by atoms with Gasteiger partial charge >= 0.3 is 0 Å². The summed E-state index contributed by atoms with van der Waals surface area (Å²) in [4.78, 5) is 18.0. The molecule has 0 bridgehead atoms. The van der Waals surface area contributed by atoms with Gasteiger partial charge in [-0.1, -0.05) is 11.4 Å². The van der Waals surface area contributed by atoms with E-state index in [4.69, 9.17) is 15.0 Å². The summed E-state index contributed by atoms with van der Waals surface area (Å²) < 4.78 is -0.604. The van der Waals surface area contributed by atoms with Crippen LogP contribution in [-0.2, 0) is 11.8 Å². The molecule has 1 atom stereocenters. The van der Waals surface area contributed by atoms with Gasteiger partial charge in [-0.15, -0.1) is 11.8 Å². The molecule has 0 rings (SSSR count). The van der Waals surface area contributed by atoms with Crippen molar-refractivity contribution >= 4 is 40.6 Å². The van der Waals surface area contributed by atoms with Gasteiger partial charge in [0.1, 0.15) is 0 Å². The molecule has 0 radical (unpaired) electrons. The Labute approximate surface area is 91.8 Å². The Kier molecular flexibility index (Phi) is 5.31. The van der Waals surface area contributed by atoms with E-state index in [1.54, 1.807) is 13.8 Å². The van der Waals surface area contributed by atoms with Crippen LogP contribution in [-0.4, -0.2) is 19.1 Å². The van der Waals surface area contributed by atoms with Crippen molar-refractivity contribution in [3.8, 4) is 6.07 Å². The smallest absolute Gasteiger partial charge is 0.243 e. The first kappa shape index (κ1) is 13.8. The first-order valence-electron chi connectivity index (χ1n) is 3.49. The summed E-state index contributed by atoms with van der Waals surface area (Å²) in [6.45, 7) is 5.38. The van der Waals surface area contributed by atoms with E-state index in [1.807, 2.05) is 6.92 Å². The van der Waals surface area contributed by atoms with Crippen LogP contribution in [0.25, 0.3) is 0 Å². The van der Waals surface area contributed by atoms with Crippen LogP contribution in [0.2, 0.25) is 0 Å². The second-order valence-electron chi connectivity index (χ2n) is 2.90. The third-order valence-electron chi connectivity index (χ3n) is 1.02. The van der Waals surface area contributed by atoms with Gasteiger partial charge in [-0.05, 0) is 32.6 Å². The molecule has 13 heavy (non-hydrogen) atoms. The number of rotatable bonds is 4. The van der Waals surface area contributed by atoms with Crippen molar-refractivity contribution in [1.29, 1.82) is 5.26 Å². The van der Waals surface area contributed by atoms with Gasteiger partial charge in [0.05, 0.1) is 15.4 Å². The Morgan fingerprint density at radius 1 is 1.54 bits per heavy atom. The van der Waals surface area contributed by atoms with Gasteiger partial charge < -0.3 is 9.79 Å². The maximum atomic E-state index is 9.01. The Morgan fingerprint density at radius 2 is 2.00 bits per heavy atom. The standard InChI is InChI=1S/C6H12NO2PS3/c1-5(13-10(8,9)11)12-6(2,3)4-7/h5H,1-3H3,(H2,8,9,11). The molecule has 3 nitrogen and oxygen atoms in total. The van der Waals surface area contributed by atoms with Crippen molar-refractivity contribution in [2.75, 3.05) is 0 Å². The van der Waals surface area contributed by atoms with Crippen LogP contribution in [0.15, 0.2) is 0 Å². The molecule has 0 heterocycles. The van der Waals surface area contributed by atoms with Gasteiger partial charge in [0, 0.05) is 0 Å². The fraction of sp³-hybridized carbons (Fsp3) is 0.833. The highest BCUT2D eigenvalue weighted by atomic mass is 32.9. The van der Waals surface area contributed by atoms with Crippen LogP contribution in [0.3, 0.4) is 0 Å². The maximum Gasteiger partial charge on any atom is 0.243 e. The zero-order valence-electron chi connectivity index (χ0n) is 7.59. The third-order valence-corrected chi connectivity index (χ3v) is 6.15.